The predicted molar refractivity (Wildman–Crippen MR) is 121 cm³/mol. The highest BCUT2D eigenvalue weighted by Gasteiger charge is 2.29. The van der Waals surface area contributed by atoms with Crippen LogP contribution in [0.15, 0.2) is 30.5 Å². The van der Waals surface area contributed by atoms with Crippen molar-refractivity contribution in [1.29, 1.82) is 5.41 Å². The molecule has 3 heterocycles. The van der Waals surface area contributed by atoms with Crippen molar-refractivity contribution in [3.8, 4) is 0 Å². The molecule has 3 rings (SSSR count). The van der Waals surface area contributed by atoms with E-state index in [2.05, 4.69) is 29.8 Å². The Hall–Kier alpha value is -2.47. The Kier molecular flexibility index (Phi) is 6.85. The Bertz CT molecular complexity index is 845. The van der Waals surface area contributed by atoms with Gasteiger partial charge in [-0.1, -0.05) is 32.8 Å². The van der Waals surface area contributed by atoms with Gasteiger partial charge in [0.2, 0.25) is 0 Å². The van der Waals surface area contributed by atoms with Gasteiger partial charge in [0, 0.05) is 30.9 Å². The Morgan fingerprint density at radius 2 is 2.03 bits per heavy atom. The van der Waals surface area contributed by atoms with Gasteiger partial charge in [0.15, 0.2) is 0 Å². The van der Waals surface area contributed by atoms with Crippen LogP contribution in [0.25, 0.3) is 0 Å². The number of aromatic nitrogens is 2. The van der Waals surface area contributed by atoms with E-state index in [1.54, 1.807) is 12.3 Å². The maximum Gasteiger partial charge on any atom is 0.132 e. The largest absolute Gasteiger partial charge is 0.383 e. The summed E-state index contributed by atoms with van der Waals surface area (Å²) in [5.41, 5.74) is 15.2. The van der Waals surface area contributed by atoms with Crippen LogP contribution in [0, 0.1) is 24.2 Å². The van der Waals surface area contributed by atoms with Gasteiger partial charge < -0.3 is 16.4 Å². The molecular formula is C23H34N6. The fraction of sp³-hybridized carbons (Fsp3) is 0.522. The molecule has 6 nitrogen and oxygen atoms in total. The van der Waals surface area contributed by atoms with Gasteiger partial charge in [0.25, 0.3) is 0 Å². The third-order valence-electron chi connectivity index (χ3n) is 6.35. The third kappa shape index (κ3) is 4.58. The van der Waals surface area contributed by atoms with Crippen molar-refractivity contribution in [2.24, 2.45) is 17.6 Å². The Labute approximate surface area is 174 Å². The van der Waals surface area contributed by atoms with Gasteiger partial charge in [-0.2, -0.15) is 0 Å². The molecule has 1 fully saturated rings. The zero-order chi connectivity index (χ0) is 21.0. The van der Waals surface area contributed by atoms with E-state index in [0.717, 1.165) is 43.7 Å². The molecule has 0 bridgehead atoms. The molecule has 0 radical (unpaired) electrons. The molecule has 0 saturated carbocycles. The highest BCUT2D eigenvalue weighted by atomic mass is 15.2. The summed E-state index contributed by atoms with van der Waals surface area (Å²) < 4.78 is 0. The molecule has 6 heteroatoms. The summed E-state index contributed by atoms with van der Waals surface area (Å²) in [5.74, 6) is 2.33. The van der Waals surface area contributed by atoms with Crippen molar-refractivity contribution in [3.63, 3.8) is 0 Å². The number of nitrogen functional groups attached to an aromatic ring is 1. The number of pyridine rings is 2. The average molecular weight is 395 g/mol. The molecule has 1 aliphatic rings. The highest BCUT2D eigenvalue weighted by Crippen LogP contribution is 2.29. The number of hydrogen-bond donors (Lipinski definition) is 3. The smallest absolute Gasteiger partial charge is 0.132 e. The van der Waals surface area contributed by atoms with E-state index in [1.165, 1.54) is 6.42 Å². The summed E-state index contributed by atoms with van der Waals surface area (Å²) in [6.45, 7) is 8.35. The minimum atomic E-state index is 0.228. The first-order valence-corrected chi connectivity index (χ1v) is 10.7. The fourth-order valence-electron chi connectivity index (χ4n) is 4.45. The lowest BCUT2D eigenvalue weighted by atomic mass is 9.81. The van der Waals surface area contributed by atoms with Gasteiger partial charge in [-0.15, -0.1) is 0 Å². The summed E-state index contributed by atoms with van der Waals surface area (Å²) in [6, 6.07) is 7.96. The lowest BCUT2D eigenvalue weighted by Crippen LogP contribution is -2.47. The van der Waals surface area contributed by atoms with Crippen molar-refractivity contribution in [1.82, 2.24) is 9.97 Å². The maximum absolute atomic E-state index is 8.66. The van der Waals surface area contributed by atoms with Crippen molar-refractivity contribution in [2.45, 2.75) is 52.5 Å². The zero-order valence-electron chi connectivity index (χ0n) is 17.9. The minimum Gasteiger partial charge on any atom is -0.383 e. The lowest BCUT2D eigenvalue weighted by molar-refractivity contribution is 0.261. The molecule has 1 aliphatic heterocycles. The van der Waals surface area contributed by atoms with Gasteiger partial charge in [-0.05, 0) is 55.4 Å². The second-order valence-corrected chi connectivity index (χ2v) is 8.15. The van der Waals surface area contributed by atoms with Crippen molar-refractivity contribution in [3.05, 3.63) is 47.3 Å². The van der Waals surface area contributed by atoms with Crippen molar-refractivity contribution in [2.75, 3.05) is 23.7 Å². The molecule has 2 atom stereocenters. The SMILES string of the molecule is CCC(CC)C(N)C1CCCN(c2ccc(C)c(C(=N)c3cccnc3N)n2)C1. The molecule has 29 heavy (non-hydrogen) atoms. The number of anilines is 2. The fourth-order valence-corrected chi connectivity index (χ4v) is 4.45. The van der Waals surface area contributed by atoms with Crippen LogP contribution in [0.3, 0.4) is 0 Å². The maximum atomic E-state index is 8.66. The van der Waals surface area contributed by atoms with Crippen LogP contribution >= 0.6 is 0 Å². The van der Waals surface area contributed by atoms with Gasteiger partial charge in [0.1, 0.15) is 11.6 Å². The number of nitrogens with two attached hydrogens (primary N) is 2. The van der Waals surface area contributed by atoms with E-state index in [4.69, 9.17) is 21.9 Å². The highest BCUT2D eigenvalue weighted by molar-refractivity contribution is 6.13. The molecule has 0 aliphatic carbocycles. The van der Waals surface area contributed by atoms with Crippen LogP contribution in [-0.2, 0) is 0 Å². The summed E-state index contributed by atoms with van der Waals surface area (Å²) in [7, 11) is 0. The van der Waals surface area contributed by atoms with Crippen LogP contribution in [0.4, 0.5) is 11.6 Å². The van der Waals surface area contributed by atoms with E-state index in [9.17, 15) is 0 Å². The second kappa shape index (κ2) is 9.35. The second-order valence-electron chi connectivity index (χ2n) is 8.15. The van der Waals surface area contributed by atoms with E-state index in [1.807, 2.05) is 19.1 Å². The van der Waals surface area contributed by atoms with E-state index < -0.39 is 0 Å². The number of rotatable bonds is 7. The number of aryl methyl sites for hydroxylation is 1. The molecular weight excluding hydrogens is 360 g/mol. The molecule has 0 aromatic carbocycles. The van der Waals surface area contributed by atoms with Gasteiger partial charge in [0.05, 0.1) is 11.4 Å². The topological polar surface area (TPSA) is 105 Å². The van der Waals surface area contributed by atoms with E-state index in [-0.39, 0.29) is 6.04 Å². The average Bonchev–Trinajstić information content (AvgIpc) is 2.75. The van der Waals surface area contributed by atoms with Gasteiger partial charge >= 0.3 is 0 Å². The number of hydrogen-bond acceptors (Lipinski definition) is 6. The van der Waals surface area contributed by atoms with Gasteiger partial charge in [-0.25, -0.2) is 9.97 Å². The quantitative estimate of drug-likeness (QED) is 0.620. The molecule has 2 aromatic heterocycles. The first kappa shape index (κ1) is 21.2. The first-order valence-electron chi connectivity index (χ1n) is 10.7. The zero-order valence-corrected chi connectivity index (χ0v) is 17.9. The van der Waals surface area contributed by atoms with Crippen LogP contribution in [0.2, 0.25) is 0 Å². The normalized spacial score (nSPS) is 18.1. The van der Waals surface area contributed by atoms with Crippen molar-refractivity contribution >= 4 is 17.3 Å². The lowest BCUT2D eigenvalue weighted by Gasteiger charge is -2.39. The van der Waals surface area contributed by atoms with Crippen LogP contribution in [-0.4, -0.2) is 34.8 Å². The molecule has 0 amide bonds. The number of piperidine rings is 1. The van der Waals surface area contributed by atoms with E-state index >= 15 is 0 Å². The molecule has 156 valence electrons. The predicted octanol–water partition coefficient (Wildman–Crippen LogP) is 3.76. The first-order chi connectivity index (χ1) is 14.0. The molecule has 0 spiro atoms. The number of nitrogens with one attached hydrogen (secondary N) is 1. The van der Waals surface area contributed by atoms with Gasteiger partial charge in [-0.3, -0.25) is 5.41 Å². The molecule has 2 unspecified atom stereocenters. The van der Waals surface area contributed by atoms with E-state index in [0.29, 0.717) is 34.6 Å². The Morgan fingerprint density at radius 1 is 1.28 bits per heavy atom. The molecule has 5 N–H and O–H groups in total. The minimum absolute atomic E-state index is 0.228. The van der Waals surface area contributed by atoms with Crippen LogP contribution < -0.4 is 16.4 Å². The summed E-state index contributed by atoms with van der Waals surface area (Å²) >= 11 is 0. The van der Waals surface area contributed by atoms with Crippen molar-refractivity contribution < 1.29 is 0 Å². The molecule has 1 saturated heterocycles. The Morgan fingerprint density at radius 3 is 2.72 bits per heavy atom. The standard InChI is InChI=1S/C23H34N6/c1-4-16(5-2)20(24)17-8-7-13-29(14-17)19-11-10-15(3)22(28-19)21(25)18-9-6-12-27-23(18)26/h6,9-12,16-17,20,25H,4-5,7-8,13-14,24H2,1-3H3,(H2,26,27). The monoisotopic (exact) mass is 394 g/mol. The van der Waals surface area contributed by atoms with Crippen LogP contribution in [0.5, 0.6) is 0 Å². The summed E-state index contributed by atoms with van der Waals surface area (Å²) in [5, 5.41) is 8.66. The summed E-state index contributed by atoms with van der Waals surface area (Å²) in [6.07, 6.45) is 6.20. The Balaban J connectivity index is 1.84. The summed E-state index contributed by atoms with van der Waals surface area (Å²) in [4.78, 5) is 11.3. The third-order valence-corrected chi connectivity index (χ3v) is 6.35. The van der Waals surface area contributed by atoms with Crippen LogP contribution in [0.1, 0.15) is 56.4 Å². The number of nitrogens with zero attached hydrogens (tertiary/aromatic N) is 3. The molecule has 2 aromatic rings.